The molecule has 3 rings (SSSR count). The van der Waals surface area contributed by atoms with Gasteiger partial charge in [-0.25, -0.2) is 17.9 Å². The minimum absolute atomic E-state index is 0. The molecular formula is C26H31N3O6S. The molecule has 0 atom stereocenters. The number of primary amides is 1. The summed E-state index contributed by atoms with van der Waals surface area (Å²) in [7, 11) is -2.83. The van der Waals surface area contributed by atoms with Crippen LogP contribution in [0.1, 0.15) is 38.6 Å². The summed E-state index contributed by atoms with van der Waals surface area (Å²) in [6.45, 7) is 5.12. The number of carbonyl (C=O) groups excluding carboxylic acids is 2. The first kappa shape index (κ1) is 28.2. The molecule has 0 saturated carbocycles. The molecule has 0 aromatic heterocycles. The highest BCUT2D eigenvalue weighted by Gasteiger charge is 2.26. The molecular weight excluding hydrogens is 482 g/mol. The van der Waals surface area contributed by atoms with E-state index in [1.165, 1.54) is 12.1 Å². The zero-order valence-electron chi connectivity index (χ0n) is 19.8. The maximum atomic E-state index is 13.0. The Morgan fingerprint density at radius 2 is 1.56 bits per heavy atom. The lowest BCUT2D eigenvalue weighted by Crippen LogP contribution is -2.48. The Bertz CT molecular complexity index is 1350. The summed E-state index contributed by atoms with van der Waals surface area (Å²) >= 11 is 0. The van der Waals surface area contributed by atoms with Crippen molar-refractivity contribution in [3.05, 3.63) is 72.3 Å². The summed E-state index contributed by atoms with van der Waals surface area (Å²) in [6, 6.07) is 17.2. The molecule has 0 bridgehead atoms. The SMILES string of the molecule is C.COc1ccc(-c2cccc(Oc3ccc(C(N)=O)cc3S(=O)(=O)NC(=O)NC(C)(C)C)c2)cc1. The van der Waals surface area contributed by atoms with Crippen LogP contribution in [0.5, 0.6) is 17.2 Å². The van der Waals surface area contributed by atoms with Gasteiger partial charge in [-0.2, -0.15) is 0 Å². The van der Waals surface area contributed by atoms with Crippen molar-refractivity contribution in [2.24, 2.45) is 5.73 Å². The van der Waals surface area contributed by atoms with E-state index in [-0.39, 0.29) is 18.7 Å². The highest BCUT2D eigenvalue weighted by Crippen LogP contribution is 2.32. The van der Waals surface area contributed by atoms with Crippen LogP contribution < -0.4 is 25.2 Å². The summed E-state index contributed by atoms with van der Waals surface area (Å²) in [5.41, 5.74) is 6.33. The van der Waals surface area contributed by atoms with Gasteiger partial charge < -0.3 is 20.5 Å². The number of rotatable bonds is 7. The molecule has 9 nitrogen and oxygen atoms in total. The first-order valence-corrected chi connectivity index (χ1v) is 12.1. The van der Waals surface area contributed by atoms with E-state index in [9.17, 15) is 18.0 Å². The van der Waals surface area contributed by atoms with Crippen LogP contribution in [0, 0.1) is 0 Å². The maximum Gasteiger partial charge on any atom is 0.329 e. The van der Waals surface area contributed by atoms with Crippen molar-refractivity contribution in [1.82, 2.24) is 10.0 Å². The molecule has 0 saturated heterocycles. The van der Waals surface area contributed by atoms with E-state index in [1.54, 1.807) is 46.1 Å². The quantitative estimate of drug-likeness (QED) is 0.420. The Hall–Kier alpha value is -4.05. The molecule has 4 N–H and O–H groups in total. The topological polar surface area (TPSA) is 137 Å². The monoisotopic (exact) mass is 513 g/mol. The highest BCUT2D eigenvalue weighted by atomic mass is 32.2. The predicted molar refractivity (Wildman–Crippen MR) is 139 cm³/mol. The summed E-state index contributed by atoms with van der Waals surface area (Å²) in [5.74, 6) is 0.154. The third-order valence-corrected chi connectivity index (χ3v) is 6.07. The molecule has 0 aliphatic rings. The average Bonchev–Trinajstić information content (AvgIpc) is 2.77. The maximum absolute atomic E-state index is 13.0. The standard InChI is InChI=1S/C25H27N3O6S.CH4/c1-25(2,3)27-24(30)28-35(31,32)22-15-18(23(26)29)10-13-21(22)34-20-7-5-6-17(14-20)16-8-11-19(33-4)12-9-16;/h5-15H,1-4H3,(H2,26,29)(H2,27,28,30);1H4. The number of sulfonamides is 1. The van der Waals surface area contributed by atoms with E-state index in [4.69, 9.17) is 15.2 Å². The minimum Gasteiger partial charge on any atom is -0.497 e. The third-order valence-electron chi connectivity index (χ3n) is 4.72. The fourth-order valence-electron chi connectivity index (χ4n) is 3.15. The van der Waals surface area contributed by atoms with Crippen LogP contribution in [0.3, 0.4) is 0 Å². The number of benzene rings is 3. The normalized spacial score (nSPS) is 11.1. The van der Waals surface area contributed by atoms with E-state index >= 15 is 0 Å². The zero-order valence-corrected chi connectivity index (χ0v) is 20.6. The molecule has 3 aromatic carbocycles. The molecule has 3 amide bonds. The van der Waals surface area contributed by atoms with Crippen molar-refractivity contribution >= 4 is 22.0 Å². The van der Waals surface area contributed by atoms with Crippen LogP contribution in [0.15, 0.2) is 71.6 Å². The summed E-state index contributed by atoms with van der Waals surface area (Å²) in [6.07, 6.45) is 0. The van der Waals surface area contributed by atoms with Crippen molar-refractivity contribution in [2.75, 3.05) is 7.11 Å². The van der Waals surface area contributed by atoms with Crippen molar-refractivity contribution < 1.29 is 27.5 Å². The van der Waals surface area contributed by atoms with Crippen LogP contribution in [0.25, 0.3) is 11.1 Å². The molecule has 3 aromatic rings. The lowest BCUT2D eigenvalue weighted by molar-refractivity contribution is 0.1000. The molecule has 0 heterocycles. The number of hydrogen-bond acceptors (Lipinski definition) is 6. The van der Waals surface area contributed by atoms with Crippen LogP contribution in [-0.4, -0.2) is 33.0 Å². The van der Waals surface area contributed by atoms with Crippen LogP contribution in [0.2, 0.25) is 0 Å². The van der Waals surface area contributed by atoms with E-state index in [0.29, 0.717) is 11.5 Å². The molecule has 0 unspecified atom stereocenters. The van der Waals surface area contributed by atoms with Gasteiger partial charge in [-0.15, -0.1) is 0 Å². The number of ether oxygens (including phenoxy) is 2. The second-order valence-electron chi connectivity index (χ2n) is 8.69. The fourth-order valence-corrected chi connectivity index (χ4v) is 4.21. The molecule has 0 aliphatic heterocycles. The molecule has 10 heteroatoms. The number of amides is 3. The van der Waals surface area contributed by atoms with Crippen LogP contribution in [0.4, 0.5) is 4.79 Å². The van der Waals surface area contributed by atoms with Gasteiger partial charge in [0.2, 0.25) is 5.91 Å². The van der Waals surface area contributed by atoms with Gasteiger partial charge in [-0.3, -0.25) is 4.79 Å². The minimum atomic E-state index is -4.42. The smallest absolute Gasteiger partial charge is 0.329 e. The second-order valence-corrected chi connectivity index (χ2v) is 10.3. The van der Waals surface area contributed by atoms with E-state index in [2.05, 4.69) is 5.32 Å². The zero-order chi connectivity index (χ0) is 25.8. The number of methoxy groups -OCH3 is 1. The number of hydrogen-bond donors (Lipinski definition) is 3. The predicted octanol–water partition coefficient (Wildman–Crippen LogP) is 4.68. The van der Waals surface area contributed by atoms with Gasteiger partial charge in [0.15, 0.2) is 0 Å². The first-order valence-electron chi connectivity index (χ1n) is 10.6. The highest BCUT2D eigenvalue weighted by molar-refractivity contribution is 7.90. The largest absolute Gasteiger partial charge is 0.497 e. The van der Waals surface area contributed by atoms with Crippen molar-refractivity contribution in [3.63, 3.8) is 0 Å². The van der Waals surface area contributed by atoms with E-state index in [0.717, 1.165) is 17.2 Å². The van der Waals surface area contributed by atoms with Gasteiger partial charge in [0.25, 0.3) is 10.0 Å². The average molecular weight is 514 g/mol. The van der Waals surface area contributed by atoms with Crippen molar-refractivity contribution in [3.8, 4) is 28.4 Å². The molecule has 192 valence electrons. The van der Waals surface area contributed by atoms with Crippen LogP contribution in [-0.2, 0) is 10.0 Å². The molecule has 0 radical (unpaired) electrons. The third kappa shape index (κ3) is 7.22. The summed E-state index contributed by atoms with van der Waals surface area (Å²) in [5, 5.41) is 2.51. The molecule has 0 fully saturated rings. The van der Waals surface area contributed by atoms with E-state index < -0.39 is 32.4 Å². The lowest BCUT2D eigenvalue weighted by atomic mass is 10.1. The van der Waals surface area contributed by atoms with Gasteiger partial charge in [-0.05, 0) is 74.4 Å². The summed E-state index contributed by atoms with van der Waals surface area (Å²) < 4.78 is 39.1. The van der Waals surface area contributed by atoms with Gasteiger partial charge in [-0.1, -0.05) is 31.7 Å². The van der Waals surface area contributed by atoms with Gasteiger partial charge in [0.05, 0.1) is 7.11 Å². The Morgan fingerprint density at radius 1 is 0.889 bits per heavy atom. The number of nitrogens with one attached hydrogen (secondary N) is 2. The van der Waals surface area contributed by atoms with Crippen molar-refractivity contribution in [2.45, 2.75) is 38.6 Å². The number of nitrogens with two attached hydrogens (primary N) is 1. The first-order chi connectivity index (χ1) is 16.4. The Morgan fingerprint density at radius 3 is 2.14 bits per heavy atom. The Labute approximate surface area is 211 Å². The molecule has 0 aliphatic carbocycles. The molecule has 36 heavy (non-hydrogen) atoms. The van der Waals surface area contributed by atoms with Crippen molar-refractivity contribution in [1.29, 1.82) is 0 Å². The van der Waals surface area contributed by atoms with Crippen LogP contribution >= 0.6 is 0 Å². The second kappa shape index (κ2) is 11.1. The Balaban J connectivity index is 0.00000456. The lowest BCUT2D eigenvalue weighted by Gasteiger charge is -2.21. The fraction of sp³-hybridized carbons (Fsp3) is 0.231. The number of urea groups is 1. The van der Waals surface area contributed by atoms with Gasteiger partial charge in [0.1, 0.15) is 22.1 Å². The van der Waals surface area contributed by atoms with Gasteiger partial charge in [0, 0.05) is 11.1 Å². The van der Waals surface area contributed by atoms with Gasteiger partial charge >= 0.3 is 6.03 Å². The Kier molecular flexibility index (Phi) is 8.71. The summed E-state index contributed by atoms with van der Waals surface area (Å²) in [4.78, 5) is 23.5. The number of carbonyl (C=O) groups is 2. The van der Waals surface area contributed by atoms with E-state index in [1.807, 2.05) is 35.1 Å². The molecule has 0 spiro atoms.